The van der Waals surface area contributed by atoms with Crippen molar-refractivity contribution in [3.05, 3.63) is 0 Å². The Morgan fingerprint density at radius 2 is 1.50 bits per heavy atom. The topological polar surface area (TPSA) is 31.0 Å². The highest BCUT2D eigenvalue weighted by atomic mass is 16.6. The molecule has 0 aromatic heterocycles. The number of hydrogen-bond donors (Lipinski definition) is 0. The molecule has 0 aromatic carbocycles. The molecule has 20 heavy (non-hydrogen) atoms. The highest BCUT2D eigenvalue weighted by molar-refractivity contribution is 4.85. The third-order valence-corrected chi connectivity index (χ3v) is 5.14. The van der Waals surface area contributed by atoms with Gasteiger partial charge in [-0.1, -0.05) is 6.92 Å². The Labute approximate surface area is 123 Å². The molecule has 0 N–H and O–H groups in total. The molecule has 5 unspecified atom stereocenters. The van der Waals surface area contributed by atoms with Crippen molar-refractivity contribution in [3.63, 3.8) is 0 Å². The Morgan fingerprint density at radius 3 is 2.15 bits per heavy atom. The van der Waals surface area contributed by atoms with Crippen molar-refractivity contribution in [2.24, 2.45) is 0 Å². The molecule has 3 heterocycles. The molecule has 0 bridgehead atoms. The van der Waals surface area contributed by atoms with Gasteiger partial charge in [0.25, 0.3) is 0 Å². The summed E-state index contributed by atoms with van der Waals surface area (Å²) in [5.41, 5.74) is 0. The molecule has 0 radical (unpaired) electrons. The van der Waals surface area contributed by atoms with Gasteiger partial charge in [0.2, 0.25) is 0 Å². The van der Waals surface area contributed by atoms with Crippen LogP contribution in [0, 0.1) is 0 Å². The van der Waals surface area contributed by atoms with Crippen LogP contribution in [0.3, 0.4) is 0 Å². The van der Waals surface area contributed by atoms with Crippen LogP contribution in [0.25, 0.3) is 0 Å². The molecule has 116 valence electrons. The van der Waals surface area contributed by atoms with Crippen LogP contribution in [0.15, 0.2) is 0 Å². The molecule has 0 amide bonds. The van der Waals surface area contributed by atoms with Gasteiger partial charge in [-0.05, 0) is 64.2 Å². The Balaban J connectivity index is 1.27. The average Bonchev–Trinajstić information content (AvgIpc) is 3.12. The minimum Gasteiger partial charge on any atom is -0.378 e. The number of rotatable bonds is 7. The van der Waals surface area contributed by atoms with E-state index in [1.807, 2.05) is 0 Å². The van der Waals surface area contributed by atoms with Crippen molar-refractivity contribution in [2.45, 2.75) is 102 Å². The summed E-state index contributed by atoms with van der Waals surface area (Å²) in [6.07, 6.45) is 14.9. The van der Waals surface area contributed by atoms with Gasteiger partial charge < -0.3 is 14.2 Å². The second-order valence-corrected chi connectivity index (χ2v) is 6.72. The summed E-state index contributed by atoms with van der Waals surface area (Å²) in [6.45, 7) is 3.18. The van der Waals surface area contributed by atoms with Gasteiger partial charge in [0, 0.05) is 6.61 Å². The normalized spacial score (nSPS) is 41.0. The second kappa shape index (κ2) is 7.24. The molecule has 3 aliphatic rings. The van der Waals surface area contributed by atoms with Gasteiger partial charge in [-0.15, -0.1) is 0 Å². The Bertz CT molecular complexity index is 288. The maximum atomic E-state index is 6.19. The maximum absolute atomic E-state index is 6.19. The predicted molar refractivity (Wildman–Crippen MR) is 78.9 cm³/mol. The summed E-state index contributed by atoms with van der Waals surface area (Å²) in [5.74, 6) is 0. The standard InChI is InChI=1S/C17H30O3/c1-2-16-17(20-16)11-10-15-9-8-14(19-15)7-6-13-5-3-4-12-18-13/h13-17H,2-12H2,1H3. The third-order valence-electron chi connectivity index (χ3n) is 5.14. The van der Waals surface area contributed by atoms with Crippen molar-refractivity contribution in [2.75, 3.05) is 6.61 Å². The van der Waals surface area contributed by atoms with Crippen LogP contribution in [0.2, 0.25) is 0 Å². The van der Waals surface area contributed by atoms with Crippen LogP contribution in [0.5, 0.6) is 0 Å². The van der Waals surface area contributed by atoms with Crippen LogP contribution in [0.1, 0.15) is 71.1 Å². The monoisotopic (exact) mass is 282 g/mol. The summed E-state index contributed by atoms with van der Waals surface area (Å²) in [6, 6.07) is 0. The smallest absolute Gasteiger partial charge is 0.0842 e. The van der Waals surface area contributed by atoms with E-state index in [-0.39, 0.29) is 0 Å². The maximum Gasteiger partial charge on any atom is 0.0842 e. The first-order valence-electron chi connectivity index (χ1n) is 8.77. The lowest BCUT2D eigenvalue weighted by Gasteiger charge is -2.23. The van der Waals surface area contributed by atoms with Crippen molar-refractivity contribution in [1.82, 2.24) is 0 Å². The molecular formula is C17H30O3. The second-order valence-electron chi connectivity index (χ2n) is 6.72. The zero-order chi connectivity index (χ0) is 13.8. The summed E-state index contributed by atoms with van der Waals surface area (Å²) in [7, 11) is 0. The van der Waals surface area contributed by atoms with Crippen molar-refractivity contribution >= 4 is 0 Å². The summed E-state index contributed by atoms with van der Waals surface area (Å²) in [5, 5.41) is 0. The molecule has 3 nitrogen and oxygen atoms in total. The Morgan fingerprint density at radius 1 is 0.750 bits per heavy atom. The molecule has 3 rings (SSSR count). The van der Waals surface area contributed by atoms with Gasteiger partial charge in [-0.25, -0.2) is 0 Å². The van der Waals surface area contributed by atoms with Gasteiger partial charge in [0.15, 0.2) is 0 Å². The number of hydrogen-bond acceptors (Lipinski definition) is 3. The summed E-state index contributed by atoms with van der Waals surface area (Å²) in [4.78, 5) is 0. The van der Waals surface area contributed by atoms with Gasteiger partial charge >= 0.3 is 0 Å². The molecule has 0 aromatic rings. The van der Waals surface area contributed by atoms with E-state index < -0.39 is 0 Å². The van der Waals surface area contributed by atoms with Crippen LogP contribution in [-0.4, -0.2) is 37.1 Å². The fourth-order valence-electron chi connectivity index (χ4n) is 3.75. The zero-order valence-electron chi connectivity index (χ0n) is 12.9. The molecule has 3 aliphatic heterocycles. The highest BCUT2D eigenvalue weighted by Crippen LogP contribution is 2.33. The van der Waals surface area contributed by atoms with Gasteiger partial charge in [0.05, 0.1) is 30.5 Å². The minimum atomic E-state index is 0.493. The highest BCUT2D eigenvalue weighted by Gasteiger charge is 2.37. The van der Waals surface area contributed by atoms with Crippen LogP contribution in [-0.2, 0) is 14.2 Å². The summed E-state index contributed by atoms with van der Waals surface area (Å²) >= 11 is 0. The zero-order valence-corrected chi connectivity index (χ0v) is 12.9. The van der Waals surface area contributed by atoms with Crippen LogP contribution >= 0.6 is 0 Å². The summed E-state index contributed by atoms with van der Waals surface area (Å²) < 4.78 is 17.6. The number of epoxide rings is 1. The predicted octanol–water partition coefficient (Wildman–Crippen LogP) is 3.84. The van der Waals surface area contributed by atoms with E-state index in [9.17, 15) is 0 Å². The van der Waals surface area contributed by atoms with Gasteiger partial charge in [-0.3, -0.25) is 0 Å². The average molecular weight is 282 g/mol. The van der Waals surface area contributed by atoms with E-state index in [4.69, 9.17) is 14.2 Å². The molecule has 3 saturated heterocycles. The van der Waals surface area contributed by atoms with Gasteiger partial charge in [-0.2, -0.15) is 0 Å². The fraction of sp³-hybridized carbons (Fsp3) is 1.00. The molecule has 3 fully saturated rings. The molecule has 5 atom stereocenters. The van der Waals surface area contributed by atoms with E-state index in [1.54, 1.807) is 0 Å². The SMILES string of the molecule is CCC1OC1CCC1CCC(CCC2CCCCO2)O1. The third kappa shape index (κ3) is 4.19. The van der Waals surface area contributed by atoms with E-state index in [0.717, 1.165) is 6.61 Å². The van der Waals surface area contributed by atoms with E-state index in [1.165, 1.54) is 64.2 Å². The quantitative estimate of drug-likeness (QED) is 0.665. The first-order chi connectivity index (χ1) is 9.85. The molecule has 3 heteroatoms. The molecular weight excluding hydrogens is 252 g/mol. The van der Waals surface area contributed by atoms with Crippen LogP contribution in [0.4, 0.5) is 0 Å². The fourth-order valence-corrected chi connectivity index (χ4v) is 3.75. The first kappa shape index (κ1) is 14.8. The van der Waals surface area contributed by atoms with Gasteiger partial charge in [0.1, 0.15) is 0 Å². The van der Waals surface area contributed by atoms with E-state index in [2.05, 4.69) is 6.92 Å². The molecule has 0 saturated carbocycles. The minimum absolute atomic E-state index is 0.493. The Hall–Kier alpha value is -0.120. The Kier molecular flexibility index (Phi) is 5.36. The largest absolute Gasteiger partial charge is 0.378 e. The van der Waals surface area contributed by atoms with Crippen LogP contribution < -0.4 is 0 Å². The van der Waals surface area contributed by atoms with E-state index >= 15 is 0 Å². The van der Waals surface area contributed by atoms with Crippen molar-refractivity contribution in [3.8, 4) is 0 Å². The molecule has 0 aliphatic carbocycles. The molecule has 0 spiro atoms. The number of ether oxygens (including phenoxy) is 3. The lowest BCUT2D eigenvalue weighted by atomic mass is 10.0. The van der Waals surface area contributed by atoms with Crippen molar-refractivity contribution in [1.29, 1.82) is 0 Å². The first-order valence-corrected chi connectivity index (χ1v) is 8.77. The van der Waals surface area contributed by atoms with Crippen molar-refractivity contribution < 1.29 is 14.2 Å². The lowest BCUT2D eigenvalue weighted by Crippen LogP contribution is -2.21. The lowest BCUT2D eigenvalue weighted by molar-refractivity contribution is -0.0105. The van der Waals surface area contributed by atoms with E-state index in [0.29, 0.717) is 30.5 Å².